The summed E-state index contributed by atoms with van der Waals surface area (Å²) in [5, 5.41) is 49.1. The number of ether oxygens (including phenoxy) is 3. The number of hydrogen-bond donors (Lipinski definition) is 11. The van der Waals surface area contributed by atoms with Gasteiger partial charge < -0.3 is 73.9 Å². The number of aliphatic imine (C=N–C) groups is 1. The molecule has 0 radical (unpaired) electrons. The molecule has 0 bridgehead atoms. The summed E-state index contributed by atoms with van der Waals surface area (Å²) < 4.78 is 17.9. The Hall–Kier alpha value is -2.12. The highest BCUT2D eigenvalue weighted by Gasteiger charge is 2.53. The first-order valence-corrected chi connectivity index (χ1v) is 13.5. The van der Waals surface area contributed by atoms with Crippen LogP contribution in [0.4, 0.5) is 0 Å². The molecule has 1 unspecified atom stereocenters. The number of aliphatic hydroxyl groups is 4. The molecule has 0 spiro atoms. The zero-order valence-electron chi connectivity index (χ0n) is 22.9. The van der Waals surface area contributed by atoms with Crippen LogP contribution in [0, 0.1) is 5.92 Å². The fraction of sp³-hybridized carbons (Fsp3) is 0.833. The maximum Gasteiger partial charge on any atom is 0.249 e. The van der Waals surface area contributed by atoms with Crippen molar-refractivity contribution in [1.29, 1.82) is 0 Å². The molecule has 2 fully saturated rings. The Morgan fingerprint density at radius 2 is 2.00 bits per heavy atom. The quantitative estimate of drug-likeness (QED) is 0.0857. The second kappa shape index (κ2) is 13.7. The maximum absolute atomic E-state index is 12.7. The molecule has 16 nitrogen and oxygen atoms in total. The van der Waals surface area contributed by atoms with Gasteiger partial charge in [0.05, 0.1) is 37.4 Å². The number of rotatable bonds is 10. The van der Waals surface area contributed by atoms with Crippen LogP contribution in [0.3, 0.4) is 0 Å². The summed E-state index contributed by atoms with van der Waals surface area (Å²) in [7, 11) is 1.57. The first kappa shape index (κ1) is 32.4. The topological polar surface area (TPSA) is 292 Å². The zero-order valence-corrected chi connectivity index (χ0v) is 22.9. The third kappa shape index (κ3) is 7.20. The van der Waals surface area contributed by atoms with Crippen LogP contribution in [0.15, 0.2) is 16.8 Å². The van der Waals surface area contributed by atoms with Gasteiger partial charge in [0, 0.05) is 12.0 Å². The van der Waals surface area contributed by atoms with Gasteiger partial charge in [0.1, 0.15) is 35.8 Å². The number of guanidine groups is 1. The van der Waals surface area contributed by atoms with Gasteiger partial charge >= 0.3 is 0 Å². The molecule has 1 saturated heterocycles. The van der Waals surface area contributed by atoms with Gasteiger partial charge in [0.25, 0.3) is 0 Å². The monoisotopic (exact) mass is 574 g/mol. The van der Waals surface area contributed by atoms with Crippen molar-refractivity contribution in [3.8, 4) is 0 Å². The van der Waals surface area contributed by atoms with E-state index < -0.39 is 78.4 Å². The van der Waals surface area contributed by atoms with Crippen molar-refractivity contribution < 1.29 is 39.4 Å². The minimum atomic E-state index is -1.40. The molecule has 12 atom stereocenters. The number of aliphatic hydroxyl groups excluding tert-OH is 3. The molecule has 2 aliphatic heterocycles. The SMILES string of the molecule is CN[C@@H]1[C@@H](O)[C@@H](O[C@@H]2[C@@H](O)[C@H](C3OC(CN)=CC[C@H]3N=C(N)N)[C@@H](N)C[C@H]2NC(=O)[C@@H](O)CCN)OC[C@]1(C)O. The molecular formula is C24H46N8O8. The summed E-state index contributed by atoms with van der Waals surface area (Å²) >= 11 is 0. The number of nitrogens with zero attached hydrogens (tertiary/aromatic N) is 1. The third-order valence-corrected chi connectivity index (χ3v) is 7.80. The van der Waals surface area contributed by atoms with Gasteiger partial charge in [0.15, 0.2) is 12.2 Å². The highest BCUT2D eigenvalue weighted by atomic mass is 16.7. The second-order valence-corrected chi connectivity index (χ2v) is 10.9. The average molecular weight is 575 g/mol. The lowest BCUT2D eigenvalue weighted by atomic mass is 9.72. The molecule has 230 valence electrons. The number of likely N-dealkylation sites (N-methyl/N-ethyl adjacent to an activating group) is 1. The Morgan fingerprint density at radius 1 is 1.30 bits per heavy atom. The van der Waals surface area contributed by atoms with Crippen LogP contribution in [-0.4, -0.2) is 126 Å². The Balaban J connectivity index is 1.94. The number of hydrogen-bond acceptors (Lipinski definition) is 13. The van der Waals surface area contributed by atoms with Crippen molar-refractivity contribution in [2.45, 2.75) is 92.8 Å². The largest absolute Gasteiger partial charge is 0.491 e. The molecule has 0 aromatic rings. The lowest BCUT2D eigenvalue weighted by Crippen LogP contribution is -2.69. The molecular weight excluding hydrogens is 528 g/mol. The summed E-state index contributed by atoms with van der Waals surface area (Å²) in [6.07, 6.45) is -5.13. The van der Waals surface area contributed by atoms with E-state index in [-0.39, 0.29) is 38.5 Å². The molecule has 16 N–H and O–H groups in total. The maximum atomic E-state index is 12.7. The summed E-state index contributed by atoms with van der Waals surface area (Å²) in [5.41, 5.74) is 27.8. The standard InChI is InChI=1S/C24H46N8O8/c1-24(37)9-38-22(17(35)20(24)30-2)40-19-13(31-21(36)14(33)5-6-25)7-11(27)15(16(19)34)18-12(32-23(28)29)4-3-10(8-26)39-18/h3,11-20,22,30,33-35,37H,4-9,25-27H2,1-2H3,(H,31,36)(H4,28,29,32)/t11-,12+,13+,14-,15+,16-,17+,18?,19-,20+,22+,24-/m0/s1. The molecule has 0 aromatic carbocycles. The van der Waals surface area contributed by atoms with E-state index >= 15 is 0 Å². The molecule has 1 saturated carbocycles. The van der Waals surface area contributed by atoms with Crippen molar-refractivity contribution in [2.24, 2.45) is 39.6 Å². The lowest BCUT2D eigenvalue weighted by molar-refractivity contribution is -0.297. The van der Waals surface area contributed by atoms with Crippen LogP contribution in [0.5, 0.6) is 0 Å². The van der Waals surface area contributed by atoms with Crippen LogP contribution < -0.4 is 39.3 Å². The highest BCUT2D eigenvalue weighted by molar-refractivity contribution is 5.80. The molecule has 2 heterocycles. The molecule has 1 aliphatic carbocycles. The smallest absolute Gasteiger partial charge is 0.249 e. The van der Waals surface area contributed by atoms with E-state index in [1.54, 1.807) is 13.1 Å². The predicted molar refractivity (Wildman–Crippen MR) is 144 cm³/mol. The van der Waals surface area contributed by atoms with Gasteiger partial charge in [-0.15, -0.1) is 0 Å². The van der Waals surface area contributed by atoms with Crippen molar-refractivity contribution >= 4 is 11.9 Å². The highest BCUT2D eigenvalue weighted by Crippen LogP contribution is 2.37. The van der Waals surface area contributed by atoms with Gasteiger partial charge in [0.2, 0.25) is 5.91 Å². The number of nitrogens with one attached hydrogen (secondary N) is 2. The van der Waals surface area contributed by atoms with Crippen LogP contribution in [0.2, 0.25) is 0 Å². The van der Waals surface area contributed by atoms with E-state index in [1.165, 1.54) is 6.92 Å². The number of carbonyl (C=O) groups excluding carboxylic acids is 1. The van der Waals surface area contributed by atoms with Gasteiger partial charge in [-0.25, -0.2) is 4.99 Å². The molecule has 40 heavy (non-hydrogen) atoms. The fourth-order valence-electron chi connectivity index (χ4n) is 5.81. The van der Waals surface area contributed by atoms with Crippen LogP contribution >= 0.6 is 0 Å². The summed E-state index contributed by atoms with van der Waals surface area (Å²) in [4.78, 5) is 17.0. The zero-order chi connectivity index (χ0) is 29.8. The summed E-state index contributed by atoms with van der Waals surface area (Å²) in [5.74, 6) is -1.21. The molecule has 3 aliphatic rings. The minimum absolute atomic E-state index is 0.0228. The van der Waals surface area contributed by atoms with Crippen molar-refractivity contribution in [1.82, 2.24) is 10.6 Å². The van der Waals surface area contributed by atoms with Gasteiger partial charge in [-0.2, -0.15) is 0 Å². The van der Waals surface area contributed by atoms with E-state index in [4.69, 9.17) is 42.9 Å². The van der Waals surface area contributed by atoms with Gasteiger partial charge in [-0.3, -0.25) is 4.79 Å². The first-order chi connectivity index (χ1) is 18.8. The summed E-state index contributed by atoms with van der Waals surface area (Å²) in [6, 6.07) is -3.06. The van der Waals surface area contributed by atoms with Crippen LogP contribution in [-0.2, 0) is 19.0 Å². The van der Waals surface area contributed by atoms with Crippen molar-refractivity contribution in [3.63, 3.8) is 0 Å². The molecule has 16 heteroatoms. The van der Waals surface area contributed by atoms with Gasteiger partial charge in [-0.05, 0) is 45.9 Å². The van der Waals surface area contributed by atoms with E-state index in [0.717, 1.165) is 0 Å². The summed E-state index contributed by atoms with van der Waals surface area (Å²) in [6.45, 7) is 1.52. The van der Waals surface area contributed by atoms with Gasteiger partial charge in [-0.1, -0.05) is 0 Å². The number of carbonyl (C=O) groups is 1. The van der Waals surface area contributed by atoms with E-state index in [1.807, 2.05) is 0 Å². The Labute approximate surface area is 233 Å². The Morgan fingerprint density at radius 3 is 2.60 bits per heavy atom. The third-order valence-electron chi connectivity index (χ3n) is 7.80. The Kier molecular flexibility index (Phi) is 11.1. The normalized spacial score (nSPS) is 40.9. The number of nitrogens with two attached hydrogens (primary N) is 5. The molecule has 0 aromatic heterocycles. The molecule has 3 rings (SSSR count). The van der Waals surface area contributed by atoms with Crippen LogP contribution in [0.25, 0.3) is 0 Å². The van der Waals surface area contributed by atoms with Crippen LogP contribution in [0.1, 0.15) is 26.2 Å². The minimum Gasteiger partial charge on any atom is -0.491 e. The average Bonchev–Trinajstić information content (AvgIpc) is 2.88. The molecule has 1 amide bonds. The van der Waals surface area contributed by atoms with E-state index in [0.29, 0.717) is 12.2 Å². The van der Waals surface area contributed by atoms with E-state index in [2.05, 4.69) is 15.6 Å². The van der Waals surface area contributed by atoms with Crippen molar-refractivity contribution in [2.75, 3.05) is 26.7 Å². The second-order valence-electron chi connectivity index (χ2n) is 10.9. The predicted octanol–water partition coefficient (Wildman–Crippen LogP) is -5.40. The number of amides is 1. The van der Waals surface area contributed by atoms with E-state index in [9.17, 15) is 25.2 Å². The van der Waals surface area contributed by atoms with Crippen molar-refractivity contribution in [3.05, 3.63) is 11.8 Å². The fourth-order valence-corrected chi connectivity index (χ4v) is 5.81. The first-order valence-electron chi connectivity index (χ1n) is 13.5. The Bertz CT molecular complexity index is 919. The lowest BCUT2D eigenvalue weighted by Gasteiger charge is -2.50.